The number of fused-ring (bicyclic) bond motifs is 2. The number of carbonyl (C=O) groups excluding carboxylic acids is 1. The van der Waals surface area contributed by atoms with Crippen molar-refractivity contribution in [2.75, 3.05) is 34.5 Å². The molecule has 3 heterocycles. The monoisotopic (exact) mass is 1150 g/mol. The van der Waals surface area contributed by atoms with Gasteiger partial charge >= 0.3 is 5.97 Å². The molecule has 83 heavy (non-hydrogen) atoms. The lowest BCUT2D eigenvalue weighted by atomic mass is 9.83. The lowest BCUT2D eigenvalue weighted by Crippen LogP contribution is -2.76. The first-order valence-electron chi connectivity index (χ1n) is 28.4. The van der Waals surface area contributed by atoms with Crippen LogP contribution in [0.3, 0.4) is 0 Å². The molecule has 0 spiro atoms. The predicted molar refractivity (Wildman–Crippen MR) is 309 cm³/mol. The SMILES string of the molecule is CO[C@H]1O[C@H](CO[Si](c2ccccc2)(c2ccccc2)C(C)(C)C)[C@H]2O[C@@]3(OC)CCCC[C@]3(OC)O[C@@H]2[C@@H]1O[C@H]1O[C@H](COC(=O)c2ccc([N+](=O)[O-])cc2)[C@@H](OCc2ccccc2)[C@H](OCc2ccccc2)[C@@H]1OCc1ccccc1. The van der Waals surface area contributed by atoms with Gasteiger partial charge in [0, 0.05) is 46.3 Å². The van der Waals surface area contributed by atoms with E-state index in [1.54, 1.807) is 21.3 Å². The summed E-state index contributed by atoms with van der Waals surface area (Å²) in [5.41, 5.74) is 2.54. The third-order valence-electron chi connectivity index (χ3n) is 16.3. The quantitative estimate of drug-likeness (QED) is 0.0256. The minimum Gasteiger partial charge on any atom is -0.459 e. The van der Waals surface area contributed by atoms with E-state index in [2.05, 4.69) is 45.0 Å². The van der Waals surface area contributed by atoms with Crippen LogP contribution < -0.4 is 10.4 Å². The third-order valence-corrected chi connectivity index (χ3v) is 21.3. The first-order valence-corrected chi connectivity index (χ1v) is 30.3. The van der Waals surface area contributed by atoms with E-state index in [0.29, 0.717) is 12.8 Å². The van der Waals surface area contributed by atoms with Crippen LogP contribution in [0.5, 0.6) is 0 Å². The van der Waals surface area contributed by atoms with Crippen LogP contribution in [0.1, 0.15) is 73.5 Å². The van der Waals surface area contributed by atoms with Gasteiger partial charge in [-0.05, 0) is 57.1 Å². The van der Waals surface area contributed by atoms with Gasteiger partial charge in [0.05, 0.1) is 36.9 Å². The third kappa shape index (κ3) is 13.0. The lowest BCUT2D eigenvalue weighted by molar-refractivity contribution is -0.502. The highest BCUT2D eigenvalue weighted by molar-refractivity contribution is 6.99. The molecule has 0 amide bonds. The molecule has 10 rings (SSSR count). The van der Waals surface area contributed by atoms with Gasteiger partial charge in [-0.3, -0.25) is 10.1 Å². The summed E-state index contributed by atoms with van der Waals surface area (Å²) < 4.78 is 90.3. The standard InChI is InChI=1S/C65H75NO16Si/c1-63(2,3)83(50-30-18-10-19-31-50,51-32-20-11-21-33-51)77-44-53-55-57(82-65(72-6)39-23-22-38-64(65,71-5)81-55)59(61(70-4)78-53)80-62-58(75-42-47-28-16-9-17-29-47)56(74-41-46-26-14-8-15-27-46)54(73-40-45-24-12-7-13-25-45)52(79-62)43-76-60(67)48-34-36-49(37-35-48)66(68)69/h7-21,24-37,52-59,61-62H,22-23,38-44H2,1-6H3/t52-,53-,54-,55-,56+,57+,58+,59+,61+,62-,64+,65+/m1/s1. The summed E-state index contributed by atoms with van der Waals surface area (Å²) in [6.45, 7) is 6.72. The molecule has 6 aromatic carbocycles. The van der Waals surface area contributed by atoms with E-state index >= 15 is 0 Å². The Kier molecular flexibility index (Phi) is 19.5. The van der Waals surface area contributed by atoms with Crippen LogP contribution >= 0.6 is 0 Å². The molecule has 12 atom stereocenters. The number of methoxy groups -OCH3 is 3. The van der Waals surface area contributed by atoms with Crippen LogP contribution in [0.25, 0.3) is 0 Å². The minimum atomic E-state index is -3.16. The highest BCUT2D eigenvalue weighted by Gasteiger charge is 2.68. The molecule has 0 radical (unpaired) electrons. The number of carbonyl (C=O) groups is 1. The van der Waals surface area contributed by atoms with E-state index in [-0.39, 0.29) is 49.3 Å². The molecule has 0 unspecified atom stereocenters. The second kappa shape index (κ2) is 26.9. The van der Waals surface area contributed by atoms with E-state index in [9.17, 15) is 14.9 Å². The van der Waals surface area contributed by atoms with Crippen LogP contribution in [0.4, 0.5) is 5.69 Å². The number of non-ortho nitro benzene ring substituents is 1. The molecule has 4 aliphatic rings. The van der Waals surface area contributed by atoms with Crippen molar-refractivity contribution in [2.24, 2.45) is 0 Å². The van der Waals surface area contributed by atoms with Crippen molar-refractivity contribution in [3.8, 4) is 0 Å². The Hall–Kier alpha value is -6.07. The highest BCUT2D eigenvalue weighted by Crippen LogP contribution is 2.52. The molecule has 0 aromatic heterocycles. The molecule has 1 saturated carbocycles. The van der Waals surface area contributed by atoms with Gasteiger partial charge in [0.2, 0.25) is 11.6 Å². The van der Waals surface area contributed by atoms with Crippen molar-refractivity contribution in [3.05, 3.63) is 208 Å². The van der Waals surface area contributed by atoms with Gasteiger partial charge in [-0.2, -0.15) is 0 Å². The van der Waals surface area contributed by atoms with Gasteiger partial charge in [0.15, 0.2) is 12.6 Å². The number of nitro benzene ring substituents is 1. The lowest BCUT2D eigenvalue weighted by Gasteiger charge is -2.61. The van der Waals surface area contributed by atoms with Crippen molar-refractivity contribution in [3.63, 3.8) is 0 Å². The molecule has 1 aliphatic carbocycles. The first-order chi connectivity index (χ1) is 40.3. The number of hydrogen-bond acceptors (Lipinski definition) is 16. The molecule has 0 bridgehead atoms. The first kappa shape index (κ1) is 60.1. The van der Waals surface area contributed by atoms with Gasteiger partial charge < -0.3 is 61.3 Å². The van der Waals surface area contributed by atoms with Gasteiger partial charge in [-0.1, -0.05) is 172 Å². The Morgan fingerprint density at radius 3 is 1.49 bits per heavy atom. The zero-order valence-electron chi connectivity index (χ0n) is 47.9. The second-order valence-electron chi connectivity index (χ2n) is 22.4. The molecule has 0 N–H and O–H groups in total. The van der Waals surface area contributed by atoms with E-state index in [4.69, 9.17) is 61.3 Å². The van der Waals surface area contributed by atoms with Gasteiger partial charge in [0.1, 0.15) is 55.4 Å². The number of ether oxygens (including phenoxy) is 12. The fraction of sp³-hybridized carbons (Fsp3) is 0.431. The molecule has 6 aromatic rings. The second-order valence-corrected chi connectivity index (χ2v) is 26.7. The summed E-state index contributed by atoms with van der Waals surface area (Å²) in [5, 5.41) is 13.4. The smallest absolute Gasteiger partial charge is 0.338 e. The van der Waals surface area contributed by atoms with Crippen molar-refractivity contribution in [1.82, 2.24) is 0 Å². The maximum Gasteiger partial charge on any atom is 0.338 e. The van der Waals surface area contributed by atoms with Crippen LogP contribution in [-0.2, 0) is 81.1 Å². The van der Waals surface area contributed by atoms with E-state index in [0.717, 1.165) is 39.9 Å². The topological polar surface area (TPSA) is 180 Å². The maximum atomic E-state index is 13.9. The summed E-state index contributed by atoms with van der Waals surface area (Å²) in [6.07, 6.45) is -7.94. The van der Waals surface area contributed by atoms with Gasteiger partial charge in [0.25, 0.3) is 14.0 Å². The average molecular weight is 1150 g/mol. The Labute approximate surface area is 486 Å². The fourth-order valence-corrected chi connectivity index (χ4v) is 16.7. The Balaban J connectivity index is 1.05. The molecule has 3 saturated heterocycles. The summed E-state index contributed by atoms with van der Waals surface area (Å²) >= 11 is 0. The maximum absolute atomic E-state index is 13.9. The Morgan fingerprint density at radius 1 is 0.566 bits per heavy atom. The Morgan fingerprint density at radius 2 is 1.02 bits per heavy atom. The van der Waals surface area contributed by atoms with Crippen molar-refractivity contribution in [2.45, 2.75) is 144 Å². The summed E-state index contributed by atoms with van der Waals surface area (Å²) in [6, 6.07) is 55.1. The van der Waals surface area contributed by atoms with Crippen molar-refractivity contribution >= 4 is 30.3 Å². The Bertz CT molecular complexity index is 2960. The van der Waals surface area contributed by atoms with E-state index < -0.39 is 92.2 Å². The zero-order valence-corrected chi connectivity index (χ0v) is 48.9. The molecular formula is C65H75NO16Si. The molecule has 17 nitrogen and oxygen atoms in total. The molecule has 3 aliphatic heterocycles. The predicted octanol–water partition coefficient (Wildman–Crippen LogP) is 9.61. The minimum absolute atomic E-state index is 0.0605. The van der Waals surface area contributed by atoms with Gasteiger partial charge in [-0.15, -0.1) is 0 Å². The summed E-state index contributed by atoms with van der Waals surface area (Å²) in [4.78, 5) is 24.9. The number of rotatable bonds is 23. The number of nitro groups is 1. The largest absolute Gasteiger partial charge is 0.459 e. The molecule has 18 heteroatoms. The summed E-state index contributed by atoms with van der Waals surface area (Å²) in [7, 11) is 1.59. The molecular weight excluding hydrogens is 1080 g/mol. The molecule has 4 fully saturated rings. The van der Waals surface area contributed by atoms with Crippen LogP contribution in [0.15, 0.2) is 176 Å². The van der Waals surface area contributed by atoms with Gasteiger partial charge in [-0.25, -0.2) is 4.79 Å². The van der Waals surface area contributed by atoms with E-state index in [1.165, 1.54) is 24.3 Å². The number of hydrogen-bond donors (Lipinski definition) is 0. The normalized spacial score (nSPS) is 28.1. The van der Waals surface area contributed by atoms with Crippen molar-refractivity contribution < 1.29 is 71.0 Å². The van der Waals surface area contributed by atoms with Crippen LogP contribution in [0, 0.1) is 10.1 Å². The van der Waals surface area contributed by atoms with Crippen LogP contribution in [-0.4, -0.2) is 127 Å². The average Bonchev–Trinajstić information content (AvgIpc) is 1.54. The number of nitrogens with zero attached hydrogens (tertiary/aromatic N) is 1. The number of esters is 1. The van der Waals surface area contributed by atoms with Crippen LogP contribution in [0.2, 0.25) is 5.04 Å². The highest BCUT2D eigenvalue weighted by atomic mass is 28.4. The number of benzene rings is 6. The fourth-order valence-electron chi connectivity index (χ4n) is 12.1. The van der Waals surface area contributed by atoms with E-state index in [1.807, 2.05) is 127 Å². The summed E-state index contributed by atoms with van der Waals surface area (Å²) in [5.74, 6) is -3.50. The zero-order chi connectivity index (χ0) is 58.0. The molecule has 440 valence electrons. The van der Waals surface area contributed by atoms with Crippen molar-refractivity contribution in [1.29, 1.82) is 0 Å².